The van der Waals surface area contributed by atoms with Crippen molar-refractivity contribution >= 4 is 0 Å². The highest BCUT2D eigenvalue weighted by Gasteiger charge is 2.49. The molecule has 1 heterocycles. The lowest BCUT2D eigenvalue weighted by molar-refractivity contribution is -0.0747. The third-order valence-electron chi connectivity index (χ3n) is 7.02. The van der Waals surface area contributed by atoms with E-state index in [0.29, 0.717) is 18.3 Å². The van der Waals surface area contributed by atoms with E-state index in [0.717, 1.165) is 30.2 Å². The molecule has 1 aromatic heterocycles. The molecule has 0 saturated heterocycles. The summed E-state index contributed by atoms with van der Waals surface area (Å²) in [5.41, 5.74) is 0.616. The van der Waals surface area contributed by atoms with E-state index >= 15 is 0 Å². The lowest BCUT2D eigenvalue weighted by Crippen LogP contribution is -2.56. The summed E-state index contributed by atoms with van der Waals surface area (Å²) in [6, 6.07) is 6.42. The minimum absolute atomic E-state index is 0.251. The van der Waals surface area contributed by atoms with Gasteiger partial charge in [-0.25, -0.2) is 9.18 Å². The molecule has 0 unspecified atom stereocenters. The Morgan fingerprint density at radius 3 is 2.33 bits per heavy atom. The van der Waals surface area contributed by atoms with Crippen LogP contribution in [0, 0.1) is 29.5 Å². The number of nitrogens with zero attached hydrogens (tertiary/aromatic N) is 3. The van der Waals surface area contributed by atoms with Crippen molar-refractivity contribution < 1.29 is 8.81 Å². The molecule has 0 spiro atoms. The van der Waals surface area contributed by atoms with Crippen LogP contribution in [0.4, 0.5) is 4.39 Å². The molecule has 144 valence electrons. The van der Waals surface area contributed by atoms with E-state index in [-0.39, 0.29) is 11.7 Å². The SMILES string of the molecule is CCN(Cn1nc(-c2ccc(F)cc2)oc1=O)C1C2CC3CC(C2)CC1C3. The zero-order valence-electron chi connectivity index (χ0n) is 15.7. The summed E-state index contributed by atoms with van der Waals surface area (Å²) in [5.74, 6) is 2.88. The highest BCUT2D eigenvalue weighted by molar-refractivity contribution is 5.51. The van der Waals surface area contributed by atoms with E-state index in [1.165, 1.54) is 48.9 Å². The van der Waals surface area contributed by atoms with Crippen LogP contribution in [0.15, 0.2) is 33.5 Å². The van der Waals surface area contributed by atoms with Crippen molar-refractivity contribution in [3.8, 4) is 11.5 Å². The van der Waals surface area contributed by atoms with Crippen molar-refractivity contribution in [2.45, 2.75) is 51.7 Å². The minimum Gasteiger partial charge on any atom is -0.388 e. The zero-order chi connectivity index (χ0) is 18.5. The van der Waals surface area contributed by atoms with Crippen molar-refractivity contribution in [3.63, 3.8) is 0 Å². The second kappa shape index (κ2) is 6.59. The first-order chi connectivity index (χ1) is 13.1. The van der Waals surface area contributed by atoms with Gasteiger partial charge in [-0.1, -0.05) is 6.92 Å². The normalized spacial score (nSPS) is 31.7. The smallest absolute Gasteiger partial charge is 0.388 e. The predicted molar refractivity (Wildman–Crippen MR) is 99.4 cm³/mol. The first-order valence-electron chi connectivity index (χ1n) is 10.2. The zero-order valence-corrected chi connectivity index (χ0v) is 15.7. The van der Waals surface area contributed by atoms with E-state index in [4.69, 9.17) is 4.42 Å². The van der Waals surface area contributed by atoms with Gasteiger partial charge in [-0.05, 0) is 86.6 Å². The minimum atomic E-state index is -0.448. The summed E-state index contributed by atoms with van der Waals surface area (Å²) >= 11 is 0. The van der Waals surface area contributed by atoms with E-state index in [9.17, 15) is 9.18 Å². The quantitative estimate of drug-likeness (QED) is 0.803. The number of hydrogen-bond acceptors (Lipinski definition) is 4. The number of hydrogen-bond donors (Lipinski definition) is 0. The molecule has 0 aliphatic heterocycles. The second-order valence-corrected chi connectivity index (χ2v) is 8.65. The number of aromatic nitrogens is 2. The summed E-state index contributed by atoms with van der Waals surface area (Å²) in [6.07, 6.45) is 6.84. The fourth-order valence-corrected chi connectivity index (χ4v) is 6.17. The van der Waals surface area contributed by atoms with E-state index in [1.54, 1.807) is 12.1 Å². The molecular weight excluding hydrogens is 345 g/mol. The summed E-state index contributed by atoms with van der Waals surface area (Å²) < 4.78 is 19.9. The van der Waals surface area contributed by atoms with Crippen LogP contribution in [0.3, 0.4) is 0 Å². The third kappa shape index (κ3) is 3.04. The van der Waals surface area contributed by atoms with Gasteiger partial charge in [0.2, 0.25) is 5.89 Å². The van der Waals surface area contributed by atoms with Crippen molar-refractivity contribution in [1.82, 2.24) is 14.7 Å². The van der Waals surface area contributed by atoms with Gasteiger partial charge in [0, 0.05) is 11.6 Å². The lowest BCUT2D eigenvalue weighted by atomic mass is 9.54. The van der Waals surface area contributed by atoms with Crippen molar-refractivity contribution in [1.29, 1.82) is 0 Å². The largest absolute Gasteiger partial charge is 0.438 e. The number of benzene rings is 1. The molecule has 1 aromatic carbocycles. The molecule has 5 nitrogen and oxygen atoms in total. The lowest BCUT2D eigenvalue weighted by Gasteiger charge is -2.57. The molecule has 2 aromatic rings. The monoisotopic (exact) mass is 371 g/mol. The van der Waals surface area contributed by atoms with Crippen LogP contribution in [-0.4, -0.2) is 27.3 Å². The van der Waals surface area contributed by atoms with Crippen LogP contribution >= 0.6 is 0 Å². The van der Waals surface area contributed by atoms with Crippen LogP contribution in [0.1, 0.15) is 39.0 Å². The Morgan fingerprint density at radius 1 is 1.11 bits per heavy atom. The molecule has 27 heavy (non-hydrogen) atoms. The van der Waals surface area contributed by atoms with Crippen molar-refractivity contribution in [3.05, 3.63) is 40.6 Å². The summed E-state index contributed by atoms with van der Waals surface area (Å²) in [4.78, 5) is 14.8. The highest BCUT2D eigenvalue weighted by Crippen LogP contribution is 2.55. The van der Waals surface area contributed by atoms with Crippen molar-refractivity contribution in [2.24, 2.45) is 23.7 Å². The molecular formula is C21H26FN3O2. The van der Waals surface area contributed by atoms with Gasteiger partial charge in [-0.3, -0.25) is 4.90 Å². The van der Waals surface area contributed by atoms with Gasteiger partial charge in [0.05, 0.1) is 0 Å². The Morgan fingerprint density at radius 2 is 1.74 bits per heavy atom. The molecule has 4 aliphatic rings. The van der Waals surface area contributed by atoms with Gasteiger partial charge in [-0.15, -0.1) is 5.10 Å². The maximum Gasteiger partial charge on any atom is 0.438 e. The Labute approximate surface area is 158 Å². The highest BCUT2D eigenvalue weighted by atomic mass is 19.1. The van der Waals surface area contributed by atoms with Crippen LogP contribution in [-0.2, 0) is 6.67 Å². The van der Waals surface area contributed by atoms with Crippen LogP contribution in [0.25, 0.3) is 11.5 Å². The van der Waals surface area contributed by atoms with Crippen molar-refractivity contribution in [2.75, 3.05) is 6.54 Å². The average molecular weight is 371 g/mol. The first-order valence-corrected chi connectivity index (χ1v) is 10.2. The van der Waals surface area contributed by atoms with Gasteiger partial charge < -0.3 is 4.42 Å². The standard InChI is InChI=1S/C21H26FN3O2/c1-2-24(19-16-8-13-7-14(10-16)11-17(19)9-13)12-25-21(26)27-20(23-25)15-3-5-18(22)6-4-15/h3-6,13-14,16-17,19H,2,7-12H2,1H3. The molecule has 4 aliphatic carbocycles. The van der Waals surface area contributed by atoms with Gasteiger partial charge in [0.25, 0.3) is 0 Å². The summed E-state index contributed by atoms with van der Waals surface area (Å²) in [5, 5.41) is 4.38. The van der Waals surface area contributed by atoms with Gasteiger partial charge in [0.15, 0.2) is 0 Å². The molecule has 4 fully saturated rings. The Balaban J connectivity index is 1.37. The molecule has 0 N–H and O–H groups in total. The Bertz CT molecular complexity index is 844. The van der Waals surface area contributed by atoms with Crippen LogP contribution in [0.5, 0.6) is 0 Å². The van der Waals surface area contributed by atoms with E-state index < -0.39 is 5.76 Å². The van der Waals surface area contributed by atoms with Gasteiger partial charge in [-0.2, -0.15) is 4.68 Å². The van der Waals surface area contributed by atoms with E-state index in [1.807, 2.05) is 0 Å². The Kier molecular flexibility index (Phi) is 4.19. The van der Waals surface area contributed by atoms with Crippen LogP contribution < -0.4 is 5.76 Å². The summed E-state index contributed by atoms with van der Waals surface area (Å²) in [6.45, 7) is 3.53. The third-order valence-corrected chi connectivity index (χ3v) is 7.02. The van der Waals surface area contributed by atoms with Gasteiger partial charge >= 0.3 is 5.76 Å². The Hall–Kier alpha value is -1.95. The molecule has 4 bridgehead atoms. The molecule has 0 radical (unpaired) electrons. The average Bonchev–Trinajstić information content (AvgIpc) is 3.01. The topological polar surface area (TPSA) is 51.3 Å². The number of rotatable bonds is 5. The molecule has 0 atom stereocenters. The second-order valence-electron chi connectivity index (χ2n) is 8.65. The fraction of sp³-hybridized carbons (Fsp3) is 0.619. The number of halogens is 1. The first kappa shape index (κ1) is 17.2. The molecule has 6 heteroatoms. The van der Waals surface area contributed by atoms with Crippen LogP contribution in [0.2, 0.25) is 0 Å². The molecule has 6 rings (SSSR count). The molecule has 0 amide bonds. The fourth-order valence-electron chi connectivity index (χ4n) is 6.17. The molecule has 4 saturated carbocycles. The summed E-state index contributed by atoms with van der Waals surface area (Å²) in [7, 11) is 0. The maximum atomic E-state index is 13.1. The van der Waals surface area contributed by atoms with E-state index in [2.05, 4.69) is 16.9 Å². The maximum absolute atomic E-state index is 13.1. The van der Waals surface area contributed by atoms with Gasteiger partial charge in [0.1, 0.15) is 12.5 Å². The predicted octanol–water partition coefficient (Wildman–Crippen LogP) is 3.75.